The van der Waals surface area contributed by atoms with Gasteiger partial charge in [-0.15, -0.1) is 0 Å². The molecule has 0 aliphatic carbocycles. The monoisotopic (exact) mass is 250 g/mol. The first kappa shape index (κ1) is 14.2. The van der Waals surface area contributed by atoms with Gasteiger partial charge in [-0.3, -0.25) is 9.78 Å². The minimum atomic E-state index is -1.05. The second-order valence-corrected chi connectivity index (χ2v) is 4.47. The fraction of sp³-hybridized carbons (Fsp3) is 0.462. The van der Waals surface area contributed by atoms with E-state index in [1.165, 1.54) is 18.3 Å². The summed E-state index contributed by atoms with van der Waals surface area (Å²) in [7, 11) is 0. The zero-order valence-corrected chi connectivity index (χ0v) is 10.9. The Bertz CT molecular complexity index is 426. The average Bonchev–Trinajstić information content (AvgIpc) is 2.35. The van der Waals surface area contributed by atoms with Crippen molar-refractivity contribution >= 4 is 11.9 Å². The van der Waals surface area contributed by atoms with Gasteiger partial charge in [0.15, 0.2) is 0 Å². The molecule has 1 amide bonds. The van der Waals surface area contributed by atoms with Gasteiger partial charge in [-0.1, -0.05) is 13.8 Å². The highest BCUT2D eigenvalue weighted by Crippen LogP contribution is 2.07. The van der Waals surface area contributed by atoms with E-state index in [9.17, 15) is 9.59 Å². The predicted octanol–water partition coefficient (Wildman–Crippen LogP) is 1.90. The number of aromatic carboxylic acids is 1. The van der Waals surface area contributed by atoms with Crippen molar-refractivity contribution in [2.75, 3.05) is 13.1 Å². The summed E-state index contributed by atoms with van der Waals surface area (Å²) in [5.74, 6) is -0.827. The zero-order chi connectivity index (χ0) is 13.7. The van der Waals surface area contributed by atoms with E-state index in [0.29, 0.717) is 19.0 Å². The second-order valence-electron chi connectivity index (χ2n) is 4.47. The topological polar surface area (TPSA) is 70.5 Å². The van der Waals surface area contributed by atoms with E-state index in [2.05, 4.69) is 4.98 Å². The molecule has 5 heteroatoms. The Hall–Kier alpha value is -1.91. The lowest BCUT2D eigenvalue weighted by Gasteiger charge is -2.22. The molecule has 1 aromatic rings. The van der Waals surface area contributed by atoms with Crippen molar-refractivity contribution < 1.29 is 14.7 Å². The lowest BCUT2D eigenvalue weighted by atomic mass is 10.2. The second kappa shape index (κ2) is 6.14. The van der Waals surface area contributed by atoms with Crippen molar-refractivity contribution in [1.82, 2.24) is 9.88 Å². The standard InChI is InChI=1S/C13H18N2O3/c1-4-15(8-9(2)3)12(16)11-6-5-10(7-14-11)13(17)18/h5-7,9H,4,8H2,1-3H3,(H,17,18). The highest BCUT2D eigenvalue weighted by molar-refractivity contribution is 5.93. The molecule has 0 aromatic carbocycles. The summed E-state index contributed by atoms with van der Waals surface area (Å²) in [6.45, 7) is 7.26. The van der Waals surface area contributed by atoms with Crippen LogP contribution in [0.25, 0.3) is 0 Å². The zero-order valence-electron chi connectivity index (χ0n) is 10.9. The van der Waals surface area contributed by atoms with Gasteiger partial charge in [0.25, 0.3) is 5.91 Å². The Kier molecular flexibility index (Phi) is 4.83. The Balaban J connectivity index is 2.85. The smallest absolute Gasteiger partial charge is 0.337 e. The Labute approximate surface area is 106 Å². The van der Waals surface area contributed by atoms with Gasteiger partial charge in [-0.25, -0.2) is 4.79 Å². The molecule has 1 rings (SSSR count). The van der Waals surface area contributed by atoms with Gasteiger partial charge in [0.2, 0.25) is 0 Å². The number of rotatable bonds is 5. The summed E-state index contributed by atoms with van der Waals surface area (Å²) in [4.78, 5) is 28.4. The predicted molar refractivity (Wildman–Crippen MR) is 67.6 cm³/mol. The van der Waals surface area contributed by atoms with E-state index in [4.69, 9.17) is 5.11 Å². The number of amides is 1. The molecule has 5 nitrogen and oxygen atoms in total. The maximum atomic E-state index is 12.1. The SMILES string of the molecule is CCN(CC(C)C)C(=O)c1ccc(C(=O)O)cn1. The van der Waals surface area contributed by atoms with Crippen LogP contribution in [-0.4, -0.2) is 40.0 Å². The van der Waals surface area contributed by atoms with Crippen LogP contribution in [0.3, 0.4) is 0 Å². The number of carboxylic acids is 1. The molecule has 0 unspecified atom stereocenters. The molecule has 0 bridgehead atoms. The number of carboxylic acid groups (broad SMARTS) is 1. The number of carbonyl (C=O) groups is 2. The number of hydrogen-bond acceptors (Lipinski definition) is 3. The molecule has 0 aliphatic heterocycles. The van der Waals surface area contributed by atoms with Gasteiger partial charge in [-0.2, -0.15) is 0 Å². The van der Waals surface area contributed by atoms with Crippen molar-refractivity contribution in [2.24, 2.45) is 5.92 Å². The van der Waals surface area contributed by atoms with Crippen molar-refractivity contribution in [2.45, 2.75) is 20.8 Å². The molecule has 0 atom stereocenters. The van der Waals surface area contributed by atoms with E-state index >= 15 is 0 Å². The van der Waals surface area contributed by atoms with Gasteiger partial charge < -0.3 is 10.0 Å². The first-order valence-electron chi connectivity index (χ1n) is 5.94. The normalized spacial score (nSPS) is 10.4. The van der Waals surface area contributed by atoms with Gasteiger partial charge in [0.05, 0.1) is 5.56 Å². The molecule has 0 aliphatic rings. The van der Waals surface area contributed by atoms with Crippen molar-refractivity contribution in [3.63, 3.8) is 0 Å². The quantitative estimate of drug-likeness (QED) is 0.866. The molecule has 1 aromatic heterocycles. The summed E-state index contributed by atoms with van der Waals surface area (Å²) in [6.07, 6.45) is 1.21. The molecule has 0 radical (unpaired) electrons. The fourth-order valence-corrected chi connectivity index (χ4v) is 1.61. The van der Waals surface area contributed by atoms with Crippen LogP contribution in [-0.2, 0) is 0 Å². The van der Waals surface area contributed by atoms with Crippen LogP contribution in [0.4, 0.5) is 0 Å². The third-order valence-corrected chi connectivity index (χ3v) is 2.48. The van der Waals surface area contributed by atoms with Crippen molar-refractivity contribution in [3.05, 3.63) is 29.6 Å². The molecule has 0 saturated heterocycles. The van der Waals surface area contributed by atoms with Gasteiger partial charge in [-0.05, 0) is 25.0 Å². The molecule has 0 fully saturated rings. The van der Waals surface area contributed by atoms with Gasteiger partial charge in [0.1, 0.15) is 5.69 Å². The summed E-state index contributed by atoms with van der Waals surface area (Å²) in [5.41, 5.74) is 0.362. The molecule has 0 spiro atoms. The maximum Gasteiger partial charge on any atom is 0.337 e. The summed E-state index contributed by atoms with van der Waals surface area (Å²) in [6, 6.07) is 2.85. The van der Waals surface area contributed by atoms with Crippen LogP contribution >= 0.6 is 0 Å². The molecule has 0 saturated carbocycles. The fourth-order valence-electron chi connectivity index (χ4n) is 1.61. The third kappa shape index (κ3) is 3.55. The number of hydrogen-bond donors (Lipinski definition) is 1. The van der Waals surface area contributed by atoms with E-state index < -0.39 is 5.97 Å². The van der Waals surface area contributed by atoms with Crippen LogP contribution in [0.5, 0.6) is 0 Å². The van der Waals surface area contributed by atoms with Crippen molar-refractivity contribution in [3.8, 4) is 0 Å². The van der Waals surface area contributed by atoms with E-state index in [0.717, 1.165) is 0 Å². The molecular formula is C13H18N2O3. The Morgan fingerprint density at radius 2 is 2.06 bits per heavy atom. The van der Waals surface area contributed by atoms with Crippen LogP contribution < -0.4 is 0 Å². The van der Waals surface area contributed by atoms with Crippen LogP contribution in [0.15, 0.2) is 18.3 Å². The van der Waals surface area contributed by atoms with Crippen molar-refractivity contribution in [1.29, 1.82) is 0 Å². The first-order valence-corrected chi connectivity index (χ1v) is 5.94. The number of nitrogens with zero attached hydrogens (tertiary/aromatic N) is 2. The summed E-state index contributed by atoms with van der Waals surface area (Å²) >= 11 is 0. The molecule has 1 heterocycles. The molecular weight excluding hydrogens is 232 g/mol. The van der Waals surface area contributed by atoms with Gasteiger partial charge in [0, 0.05) is 19.3 Å². The van der Waals surface area contributed by atoms with Crippen LogP contribution in [0, 0.1) is 5.92 Å². The largest absolute Gasteiger partial charge is 0.478 e. The van der Waals surface area contributed by atoms with Crippen LogP contribution in [0.2, 0.25) is 0 Å². The minimum Gasteiger partial charge on any atom is -0.478 e. The van der Waals surface area contributed by atoms with Crippen LogP contribution in [0.1, 0.15) is 41.6 Å². The molecule has 18 heavy (non-hydrogen) atoms. The lowest BCUT2D eigenvalue weighted by Crippen LogP contribution is -2.34. The third-order valence-electron chi connectivity index (χ3n) is 2.48. The van der Waals surface area contributed by atoms with E-state index in [1.54, 1.807) is 4.90 Å². The maximum absolute atomic E-state index is 12.1. The Morgan fingerprint density at radius 3 is 2.44 bits per heavy atom. The highest BCUT2D eigenvalue weighted by Gasteiger charge is 2.16. The number of pyridine rings is 1. The number of carbonyl (C=O) groups excluding carboxylic acids is 1. The lowest BCUT2D eigenvalue weighted by molar-refractivity contribution is 0.0691. The summed E-state index contributed by atoms with van der Waals surface area (Å²) in [5, 5.41) is 8.75. The van der Waals surface area contributed by atoms with Gasteiger partial charge >= 0.3 is 5.97 Å². The van der Waals surface area contributed by atoms with E-state index in [-0.39, 0.29) is 17.2 Å². The van der Waals surface area contributed by atoms with E-state index in [1.807, 2.05) is 20.8 Å². The summed E-state index contributed by atoms with van der Waals surface area (Å²) < 4.78 is 0. The first-order chi connectivity index (χ1) is 8.45. The minimum absolute atomic E-state index is 0.0819. The Morgan fingerprint density at radius 1 is 1.39 bits per heavy atom. The average molecular weight is 250 g/mol. The highest BCUT2D eigenvalue weighted by atomic mass is 16.4. The molecule has 98 valence electrons. The number of aromatic nitrogens is 1. The molecule has 1 N–H and O–H groups in total.